The molecule has 0 aliphatic heterocycles. The highest BCUT2D eigenvalue weighted by atomic mass is 32.2. The quantitative estimate of drug-likeness (QED) is 0.270. The van der Waals surface area contributed by atoms with Gasteiger partial charge in [-0.1, -0.05) is 35.6 Å². The van der Waals surface area contributed by atoms with Gasteiger partial charge in [0, 0.05) is 5.69 Å². The van der Waals surface area contributed by atoms with Crippen molar-refractivity contribution >= 4 is 55.2 Å². The van der Waals surface area contributed by atoms with Gasteiger partial charge in [-0.05, 0) is 55.5 Å². The maximum absolute atomic E-state index is 12.8. The molecule has 5 rings (SSSR count). The zero-order valence-corrected chi connectivity index (χ0v) is 21.4. The summed E-state index contributed by atoms with van der Waals surface area (Å²) in [5.41, 5.74) is 2.18. The predicted octanol–water partition coefficient (Wildman–Crippen LogP) is 4.25. The molecule has 13 heteroatoms. The minimum absolute atomic E-state index is 0.0226. The number of benzene rings is 3. The molecule has 2 N–H and O–H groups in total. The fourth-order valence-corrected chi connectivity index (χ4v) is 5.29. The van der Waals surface area contributed by atoms with Crippen molar-refractivity contribution in [1.29, 1.82) is 0 Å². The van der Waals surface area contributed by atoms with Crippen molar-refractivity contribution in [3.63, 3.8) is 0 Å². The summed E-state index contributed by atoms with van der Waals surface area (Å²) in [4.78, 5) is 29.5. The maximum Gasteiger partial charge on any atom is 0.339 e. The van der Waals surface area contributed by atoms with Gasteiger partial charge < -0.3 is 14.5 Å². The fourth-order valence-electron chi connectivity index (χ4n) is 3.47. The fraction of sp³-hybridized carbons (Fsp3) is 0.0800. The van der Waals surface area contributed by atoms with Gasteiger partial charge in [-0.15, -0.1) is 10.2 Å². The Bertz CT molecular complexity index is 1710. The number of amides is 1. The van der Waals surface area contributed by atoms with Gasteiger partial charge in [-0.2, -0.15) is 0 Å². The number of hydrogen-bond donors (Lipinski definition) is 2. The number of nitrogens with zero attached hydrogens (tertiary/aromatic N) is 3. The number of anilines is 2. The van der Waals surface area contributed by atoms with Crippen molar-refractivity contribution in [2.45, 2.75) is 11.8 Å². The van der Waals surface area contributed by atoms with Crippen molar-refractivity contribution in [1.82, 2.24) is 15.2 Å². The van der Waals surface area contributed by atoms with Crippen molar-refractivity contribution < 1.29 is 27.2 Å². The van der Waals surface area contributed by atoms with Gasteiger partial charge in [0.15, 0.2) is 12.2 Å². The van der Waals surface area contributed by atoms with E-state index in [2.05, 4.69) is 25.2 Å². The molecule has 0 aliphatic rings. The molecular weight excluding hydrogens is 530 g/mol. The highest BCUT2D eigenvalue weighted by molar-refractivity contribution is 7.93. The lowest BCUT2D eigenvalue weighted by atomic mass is 10.1. The molecule has 1 amide bonds. The number of hydrogen-bond acceptors (Lipinski definition) is 10. The molecule has 11 nitrogen and oxygen atoms in total. The van der Waals surface area contributed by atoms with Gasteiger partial charge in [0.05, 0.1) is 16.0 Å². The summed E-state index contributed by atoms with van der Waals surface area (Å²) in [7, 11) is -3.87. The van der Waals surface area contributed by atoms with E-state index in [1.807, 2.05) is 12.1 Å². The Morgan fingerprint density at radius 2 is 1.71 bits per heavy atom. The molecule has 0 atom stereocenters. The smallest absolute Gasteiger partial charge is 0.339 e. The normalized spacial score (nSPS) is 11.3. The first-order valence-corrected chi connectivity index (χ1v) is 13.4. The predicted molar refractivity (Wildman–Crippen MR) is 140 cm³/mol. The Kier molecular flexibility index (Phi) is 6.85. The summed E-state index contributed by atoms with van der Waals surface area (Å²) in [6.45, 7) is 1.15. The van der Waals surface area contributed by atoms with Crippen LogP contribution in [0.3, 0.4) is 0 Å². The van der Waals surface area contributed by atoms with Gasteiger partial charge in [0.25, 0.3) is 15.9 Å². The van der Waals surface area contributed by atoms with Gasteiger partial charge in [-0.3, -0.25) is 9.52 Å². The Balaban J connectivity index is 1.21. The van der Waals surface area contributed by atoms with Crippen LogP contribution in [-0.2, 0) is 19.6 Å². The molecule has 2 heterocycles. The number of nitrogens with one attached hydrogen (secondary N) is 2. The van der Waals surface area contributed by atoms with E-state index in [4.69, 9.17) is 9.15 Å². The van der Waals surface area contributed by atoms with E-state index in [1.54, 1.807) is 43.3 Å². The monoisotopic (exact) mass is 549 g/mol. The summed E-state index contributed by atoms with van der Waals surface area (Å²) >= 11 is 1.11. The van der Waals surface area contributed by atoms with Crippen molar-refractivity contribution in [3.8, 4) is 11.5 Å². The molecule has 5 aromatic rings. The SMILES string of the molecule is Cc1nnc(NS(=O)(=O)c2ccc(NC(=O)COC(=O)c3ccccc3-c3nc4ccccc4o3)cc2)s1. The summed E-state index contributed by atoms with van der Waals surface area (Å²) in [6.07, 6.45) is 0. The number of sulfonamides is 1. The highest BCUT2D eigenvalue weighted by Gasteiger charge is 2.20. The molecule has 0 spiro atoms. The van der Waals surface area contributed by atoms with Gasteiger partial charge in [0.1, 0.15) is 10.5 Å². The van der Waals surface area contributed by atoms with E-state index in [1.165, 1.54) is 24.3 Å². The highest BCUT2D eigenvalue weighted by Crippen LogP contribution is 2.27. The number of fused-ring (bicyclic) bond motifs is 1. The Labute approximate surface area is 220 Å². The summed E-state index contributed by atoms with van der Waals surface area (Å²) in [6, 6.07) is 19.4. The molecular formula is C25H19N5O6S2. The number of aromatic nitrogens is 3. The van der Waals surface area contributed by atoms with Crippen LogP contribution in [0.25, 0.3) is 22.6 Å². The molecule has 3 aromatic carbocycles. The van der Waals surface area contributed by atoms with Crippen LogP contribution in [0.1, 0.15) is 15.4 Å². The first kappa shape index (κ1) is 25.0. The molecule has 0 saturated heterocycles. The van der Waals surface area contributed by atoms with Gasteiger partial charge in [-0.25, -0.2) is 18.2 Å². The number of oxazole rings is 1. The molecule has 2 aromatic heterocycles. The number of carbonyl (C=O) groups excluding carboxylic acids is 2. The van der Waals surface area contributed by atoms with Crippen LogP contribution in [0, 0.1) is 6.92 Å². The average Bonchev–Trinajstić information content (AvgIpc) is 3.53. The second-order valence-corrected chi connectivity index (χ2v) is 10.8. The maximum atomic E-state index is 12.8. The van der Waals surface area contributed by atoms with Crippen LogP contribution in [0.15, 0.2) is 82.1 Å². The largest absolute Gasteiger partial charge is 0.452 e. The number of esters is 1. The third kappa shape index (κ3) is 5.53. The standard InChI is InChI=1S/C25H19N5O6S2/c1-15-28-29-25(37-15)30-38(33,34)17-12-10-16(11-13-17)26-22(31)14-35-24(32)19-7-3-2-6-18(19)23-27-20-8-4-5-9-21(20)36-23/h2-13H,14H2,1H3,(H,26,31)(H,29,30). The van der Waals surface area contributed by atoms with Gasteiger partial charge in [0.2, 0.25) is 11.0 Å². The molecule has 0 aliphatic carbocycles. The van der Waals surface area contributed by atoms with Gasteiger partial charge >= 0.3 is 5.97 Å². The Morgan fingerprint density at radius 1 is 0.974 bits per heavy atom. The number of para-hydroxylation sites is 2. The zero-order valence-electron chi connectivity index (χ0n) is 19.7. The minimum Gasteiger partial charge on any atom is -0.452 e. The minimum atomic E-state index is -3.87. The molecule has 0 unspecified atom stereocenters. The summed E-state index contributed by atoms with van der Waals surface area (Å²) in [5.74, 6) is -1.07. The van der Waals surface area contributed by atoms with Crippen LogP contribution in [0.4, 0.5) is 10.8 Å². The second-order valence-electron chi connectivity index (χ2n) is 7.91. The van der Waals surface area contributed by atoms with Crippen LogP contribution in [0.2, 0.25) is 0 Å². The molecule has 192 valence electrons. The number of rotatable bonds is 8. The molecule has 38 heavy (non-hydrogen) atoms. The molecule has 0 radical (unpaired) electrons. The van der Waals surface area contributed by atoms with Crippen molar-refractivity contribution in [3.05, 3.63) is 83.4 Å². The van der Waals surface area contributed by atoms with Crippen molar-refractivity contribution in [2.24, 2.45) is 0 Å². The van der Waals surface area contributed by atoms with E-state index in [0.29, 0.717) is 27.4 Å². The van der Waals surface area contributed by atoms with E-state index in [0.717, 1.165) is 11.3 Å². The Hall–Kier alpha value is -4.62. The van der Waals surface area contributed by atoms with Crippen LogP contribution >= 0.6 is 11.3 Å². The third-order valence-corrected chi connectivity index (χ3v) is 7.44. The van der Waals surface area contributed by atoms with Crippen molar-refractivity contribution in [2.75, 3.05) is 16.6 Å². The Morgan fingerprint density at radius 3 is 2.45 bits per heavy atom. The molecule has 0 fully saturated rings. The zero-order chi connectivity index (χ0) is 26.7. The molecule has 0 bridgehead atoms. The molecule has 0 saturated carbocycles. The third-order valence-electron chi connectivity index (χ3n) is 5.20. The first-order valence-electron chi connectivity index (χ1n) is 11.1. The van der Waals surface area contributed by atoms with Crippen LogP contribution in [0.5, 0.6) is 0 Å². The average molecular weight is 550 g/mol. The number of carbonyl (C=O) groups is 2. The second kappa shape index (κ2) is 10.4. The van der Waals surface area contributed by atoms with Crippen LogP contribution in [-0.4, -0.2) is 42.1 Å². The number of aryl methyl sites for hydroxylation is 1. The summed E-state index contributed by atoms with van der Waals surface area (Å²) in [5, 5.41) is 10.8. The summed E-state index contributed by atoms with van der Waals surface area (Å²) < 4.78 is 38.3. The lowest BCUT2D eigenvalue weighted by Crippen LogP contribution is -2.21. The first-order chi connectivity index (χ1) is 18.3. The number of ether oxygens (including phenoxy) is 1. The van der Waals surface area contributed by atoms with Crippen LogP contribution < -0.4 is 10.0 Å². The van der Waals surface area contributed by atoms with E-state index < -0.39 is 28.5 Å². The topological polar surface area (TPSA) is 153 Å². The lowest BCUT2D eigenvalue weighted by Gasteiger charge is -2.09. The van der Waals surface area contributed by atoms with E-state index >= 15 is 0 Å². The van der Waals surface area contributed by atoms with E-state index in [9.17, 15) is 18.0 Å². The lowest BCUT2D eigenvalue weighted by molar-refractivity contribution is -0.119. The van der Waals surface area contributed by atoms with E-state index in [-0.39, 0.29) is 21.5 Å².